The number of aromatic nitrogens is 2. The maximum absolute atomic E-state index is 5.18. The van der Waals surface area contributed by atoms with Crippen molar-refractivity contribution in [2.75, 3.05) is 14.2 Å². The molecule has 4 heteroatoms. The van der Waals surface area contributed by atoms with E-state index >= 15 is 0 Å². The summed E-state index contributed by atoms with van der Waals surface area (Å²) in [6.07, 6.45) is 1.37. The second kappa shape index (κ2) is 6.59. The van der Waals surface area contributed by atoms with Crippen molar-refractivity contribution in [2.24, 2.45) is 0 Å². The van der Waals surface area contributed by atoms with Crippen LogP contribution in [0.1, 0.15) is 37.4 Å². The number of rotatable bonds is 5. The van der Waals surface area contributed by atoms with Gasteiger partial charge in [0.25, 0.3) is 0 Å². The van der Waals surface area contributed by atoms with Crippen LogP contribution in [0.2, 0.25) is 0 Å². The summed E-state index contributed by atoms with van der Waals surface area (Å²) in [5.74, 6) is 0.411. The molecule has 0 N–H and O–H groups in total. The van der Waals surface area contributed by atoms with Crippen molar-refractivity contribution in [3.8, 4) is 11.3 Å². The van der Waals surface area contributed by atoms with Crippen LogP contribution in [-0.4, -0.2) is 24.2 Å². The molecule has 0 radical (unpaired) electrons. The maximum Gasteiger partial charge on any atom is 0.200 e. The van der Waals surface area contributed by atoms with Gasteiger partial charge in [-0.2, -0.15) is 0 Å². The van der Waals surface area contributed by atoms with Gasteiger partial charge in [0.2, 0.25) is 6.29 Å². The Morgan fingerprint density at radius 3 is 2.25 bits per heavy atom. The lowest BCUT2D eigenvalue weighted by molar-refractivity contribution is -0.108. The van der Waals surface area contributed by atoms with Crippen molar-refractivity contribution in [3.05, 3.63) is 47.9 Å². The fourth-order valence-electron chi connectivity index (χ4n) is 1.97. The summed E-state index contributed by atoms with van der Waals surface area (Å²) in [6, 6.07) is 9.95. The van der Waals surface area contributed by atoms with E-state index in [1.807, 2.05) is 30.3 Å². The zero-order valence-electron chi connectivity index (χ0n) is 12.3. The molecule has 0 bridgehead atoms. The summed E-state index contributed by atoms with van der Waals surface area (Å²) in [5.41, 5.74) is 3.75. The van der Waals surface area contributed by atoms with E-state index in [1.165, 1.54) is 0 Å². The number of nitrogens with zero attached hydrogens (tertiary/aromatic N) is 2. The molecule has 0 atom stereocenters. The van der Waals surface area contributed by atoms with E-state index in [-0.39, 0.29) is 0 Å². The van der Waals surface area contributed by atoms with Gasteiger partial charge in [0.05, 0.1) is 11.4 Å². The topological polar surface area (TPSA) is 44.2 Å². The van der Waals surface area contributed by atoms with Crippen molar-refractivity contribution in [1.29, 1.82) is 0 Å². The smallest absolute Gasteiger partial charge is 0.200 e. The first kappa shape index (κ1) is 14.6. The summed E-state index contributed by atoms with van der Waals surface area (Å²) in [4.78, 5) is 9.04. The summed E-state index contributed by atoms with van der Waals surface area (Å²) in [6.45, 7) is 4.27. The standard InChI is InChI=1S/C16H20N2O2/c1-11(2)13-6-5-7-14(18-13)12-8-9-15(17-10-12)16(19-3)20-4/h5-11,16H,1-4H3. The Balaban J connectivity index is 2.28. The van der Waals surface area contributed by atoms with Crippen LogP contribution in [0.3, 0.4) is 0 Å². The number of hydrogen-bond acceptors (Lipinski definition) is 4. The molecular weight excluding hydrogens is 252 g/mol. The molecule has 0 saturated heterocycles. The minimum Gasteiger partial charge on any atom is -0.350 e. The second-order valence-electron chi connectivity index (χ2n) is 4.88. The lowest BCUT2D eigenvalue weighted by Crippen LogP contribution is -2.05. The summed E-state index contributed by atoms with van der Waals surface area (Å²) in [5, 5.41) is 0. The van der Waals surface area contributed by atoms with E-state index in [9.17, 15) is 0 Å². The molecule has 2 rings (SSSR count). The zero-order valence-corrected chi connectivity index (χ0v) is 12.3. The minimum atomic E-state index is -0.431. The van der Waals surface area contributed by atoms with E-state index in [4.69, 9.17) is 9.47 Å². The molecule has 20 heavy (non-hydrogen) atoms. The van der Waals surface area contributed by atoms with Gasteiger partial charge < -0.3 is 9.47 Å². The zero-order chi connectivity index (χ0) is 14.5. The minimum absolute atomic E-state index is 0.411. The molecule has 0 unspecified atom stereocenters. The van der Waals surface area contributed by atoms with Gasteiger partial charge in [0.1, 0.15) is 0 Å². The molecule has 0 spiro atoms. The van der Waals surface area contributed by atoms with Crippen LogP contribution in [-0.2, 0) is 9.47 Å². The van der Waals surface area contributed by atoms with Crippen LogP contribution in [0.25, 0.3) is 11.3 Å². The SMILES string of the molecule is COC(OC)c1ccc(-c2cccc(C(C)C)n2)cn1. The fraction of sp³-hybridized carbons (Fsp3) is 0.375. The van der Waals surface area contributed by atoms with Gasteiger partial charge in [-0.15, -0.1) is 0 Å². The first-order chi connectivity index (χ1) is 9.65. The van der Waals surface area contributed by atoms with Crippen LogP contribution in [0.5, 0.6) is 0 Å². The van der Waals surface area contributed by atoms with Crippen molar-refractivity contribution < 1.29 is 9.47 Å². The van der Waals surface area contributed by atoms with Crippen molar-refractivity contribution in [1.82, 2.24) is 9.97 Å². The molecule has 0 aliphatic rings. The largest absolute Gasteiger partial charge is 0.350 e. The highest BCUT2D eigenvalue weighted by Gasteiger charge is 2.11. The van der Waals surface area contributed by atoms with Crippen molar-refractivity contribution >= 4 is 0 Å². The Kier molecular flexibility index (Phi) is 4.82. The van der Waals surface area contributed by atoms with Gasteiger partial charge in [-0.25, -0.2) is 0 Å². The molecule has 0 amide bonds. The second-order valence-corrected chi connectivity index (χ2v) is 4.88. The van der Waals surface area contributed by atoms with Gasteiger partial charge >= 0.3 is 0 Å². The van der Waals surface area contributed by atoms with Gasteiger partial charge in [0.15, 0.2) is 0 Å². The van der Waals surface area contributed by atoms with Gasteiger partial charge in [-0.3, -0.25) is 9.97 Å². The molecule has 0 aliphatic carbocycles. The Hall–Kier alpha value is -1.78. The lowest BCUT2D eigenvalue weighted by Gasteiger charge is -2.13. The van der Waals surface area contributed by atoms with Crippen LogP contribution < -0.4 is 0 Å². The third-order valence-electron chi connectivity index (χ3n) is 3.11. The highest BCUT2D eigenvalue weighted by Crippen LogP contribution is 2.22. The molecule has 0 fully saturated rings. The van der Waals surface area contributed by atoms with Gasteiger partial charge in [-0.1, -0.05) is 19.9 Å². The van der Waals surface area contributed by atoms with Gasteiger partial charge in [-0.05, 0) is 30.2 Å². The molecular formula is C16H20N2O2. The molecule has 106 valence electrons. The molecule has 0 aliphatic heterocycles. The first-order valence-electron chi connectivity index (χ1n) is 6.64. The Labute approximate surface area is 119 Å². The van der Waals surface area contributed by atoms with Crippen LogP contribution in [0, 0.1) is 0 Å². The Morgan fingerprint density at radius 2 is 1.70 bits per heavy atom. The molecule has 0 aromatic carbocycles. The Bertz CT molecular complexity index is 549. The maximum atomic E-state index is 5.18. The molecule has 4 nitrogen and oxygen atoms in total. The summed E-state index contributed by atoms with van der Waals surface area (Å²) < 4.78 is 10.4. The number of methoxy groups -OCH3 is 2. The predicted octanol–water partition coefficient (Wildman–Crippen LogP) is 3.56. The molecule has 2 aromatic rings. The lowest BCUT2D eigenvalue weighted by atomic mass is 10.1. The average molecular weight is 272 g/mol. The highest BCUT2D eigenvalue weighted by atomic mass is 16.7. The van der Waals surface area contributed by atoms with Crippen molar-refractivity contribution in [2.45, 2.75) is 26.1 Å². The van der Waals surface area contributed by atoms with Crippen LogP contribution in [0.4, 0.5) is 0 Å². The number of ether oxygens (including phenoxy) is 2. The van der Waals surface area contributed by atoms with E-state index < -0.39 is 6.29 Å². The fourth-order valence-corrected chi connectivity index (χ4v) is 1.97. The number of pyridine rings is 2. The van der Waals surface area contributed by atoms with E-state index in [0.717, 1.165) is 22.6 Å². The molecule has 0 saturated carbocycles. The summed E-state index contributed by atoms with van der Waals surface area (Å²) in [7, 11) is 3.19. The average Bonchev–Trinajstić information content (AvgIpc) is 2.49. The van der Waals surface area contributed by atoms with Gasteiger partial charge in [0, 0.05) is 31.7 Å². The highest BCUT2D eigenvalue weighted by molar-refractivity contribution is 5.58. The third kappa shape index (κ3) is 3.21. The Morgan fingerprint density at radius 1 is 0.950 bits per heavy atom. The normalized spacial score (nSPS) is 11.3. The van der Waals surface area contributed by atoms with E-state index in [1.54, 1.807) is 20.4 Å². The van der Waals surface area contributed by atoms with Crippen LogP contribution in [0.15, 0.2) is 36.5 Å². The monoisotopic (exact) mass is 272 g/mol. The van der Waals surface area contributed by atoms with E-state index in [2.05, 4.69) is 23.8 Å². The predicted molar refractivity (Wildman–Crippen MR) is 78.3 cm³/mol. The first-order valence-corrected chi connectivity index (χ1v) is 6.64. The molecule has 2 aromatic heterocycles. The quantitative estimate of drug-likeness (QED) is 0.781. The summed E-state index contributed by atoms with van der Waals surface area (Å²) >= 11 is 0. The number of hydrogen-bond donors (Lipinski definition) is 0. The molecule has 2 heterocycles. The van der Waals surface area contributed by atoms with Crippen molar-refractivity contribution in [3.63, 3.8) is 0 Å². The van der Waals surface area contributed by atoms with Crippen LogP contribution >= 0.6 is 0 Å². The third-order valence-corrected chi connectivity index (χ3v) is 3.11. The van der Waals surface area contributed by atoms with E-state index in [0.29, 0.717) is 5.92 Å².